The van der Waals surface area contributed by atoms with Crippen molar-refractivity contribution >= 4 is 6.03 Å². The number of nitrogens with zero attached hydrogens (tertiary/aromatic N) is 3. The molecule has 4 N–H and O–H groups in total. The molecular weight excluding hydrogens is 351 g/mol. The van der Waals surface area contributed by atoms with Crippen molar-refractivity contribution in [1.82, 2.24) is 30.7 Å². The minimum absolute atomic E-state index is 0.169. The number of carbonyl (C=O) groups is 1. The van der Waals surface area contributed by atoms with Gasteiger partial charge < -0.3 is 20.6 Å². The molecule has 1 aliphatic heterocycles. The first-order valence-electron chi connectivity index (χ1n) is 9.19. The summed E-state index contributed by atoms with van der Waals surface area (Å²) >= 11 is 0. The molecule has 1 unspecified atom stereocenters. The third kappa shape index (κ3) is 6.00. The number of benzene rings is 1. The zero-order valence-electron chi connectivity index (χ0n) is 15.1. The van der Waals surface area contributed by atoms with Crippen LogP contribution in [0.2, 0.25) is 0 Å². The molecule has 2 amide bonds. The number of hydrogen-bond acceptors (Lipinski definition) is 5. The molecule has 8 nitrogen and oxygen atoms in total. The summed E-state index contributed by atoms with van der Waals surface area (Å²) in [5, 5.41) is 22.2. The Morgan fingerprint density at radius 3 is 2.70 bits per heavy atom. The van der Waals surface area contributed by atoms with E-state index in [1.54, 1.807) is 12.1 Å². The number of hydrogen-bond donors (Lipinski definition) is 4. The Morgan fingerprint density at radius 2 is 1.96 bits per heavy atom. The molecule has 27 heavy (non-hydrogen) atoms. The van der Waals surface area contributed by atoms with Crippen LogP contribution < -0.4 is 10.6 Å². The van der Waals surface area contributed by atoms with Crippen molar-refractivity contribution in [2.24, 2.45) is 0 Å². The number of carbonyl (C=O) groups excluding carboxylic acids is 1. The maximum atomic E-state index is 13.0. The fraction of sp³-hybridized carbons (Fsp3) is 0.500. The van der Waals surface area contributed by atoms with Gasteiger partial charge in [0.05, 0.1) is 12.6 Å². The van der Waals surface area contributed by atoms with Gasteiger partial charge >= 0.3 is 6.03 Å². The number of rotatable bonds is 7. The van der Waals surface area contributed by atoms with Gasteiger partial charge in [-0.05, 0) is 50.2 Å². The highest BCUT2D eigenvalue weighted by atomic mass is 19.1. The number of nitrogens with one attached hydrogen (secondary N) is 3. The molecule has 9 heteroatoms. The van der Waals surface area contributed by atoms with Crippen molar-refractivity contribution in [3.8, 4) is 11.4 Å². The Labute approximate surface area is 157 Å². The van der Waals surface area contributed by atoms with Crippen molar-refractivity contribution in [3.05, 3.63) is 35.9 Å². The Hall–Kier alpha value is -2.52. The van der Waals surface area contributed by atoms with Crippen LogP contribution in [-0.4, -0.2) is 63.5 Å². The number of aromatic nitrogens is 3. The normalized spacial score (nSPS) is 16.1. The van der Waals surface area contributed by atoms with Crippen LogP contribution in [0.4, 0.5) is 9.18 Å². The molecule has 0 bridgehead atoms. The lowest BCUT2D eigenvalue weighted by Crippen LogP contribution is -2.44. The maximum Gasteiger partial charge on any atom is 0.315 e. The number of β-amino-alcohol motifs (C(OH)–C–C–N with tert-alkyl or cyclic N) is 1. The zero-order valence-corrected chi connectivity index (χ0v) is 15.1. The third-order valence-corrected chi connectivity index (χ3v) is 4.47. The quantitative estimate of drug-likeness (QED) is 0.582. The summed E-state index contributed by atoms with van der Waals surface area (Å²) in [6, 6.07) is 5.48. The number of H-pyrrole nitrogens is 1. The van der Waals surface area contributed by atoms with Gasteiger partial charge in [0.15, 0.2) is 5.82 Å². The second kappa shape index (κ2) is 9.43. The van der Waals surface area contributed by atoms with E-state index in [1.165, 1.54) is 18.6 Å². The molecule has 146 valence electrons. The smallest absolute Gasteiger partial charge is 0.315 e. The second-order valence-electron chi connectivity index (χ2n) is 6.69. The summed E-state index contributed by atoms with van der Waals surface area (Å²) in [7, 11) is 0. The van der Waals surface area contributed by atoms with Gasteiger partial charge in [0.2, 0.25) is 0 Å². The van der Waals surface area contributed by atoms with Crippen LogP contribution in [0.1, 0.15) is 25.1 Å². The van der Waals surface area contributed by atoms with Crippen LogP contribution in [0.5, 0.6) is 0 Å². The van der Waals surface area contributed by atoms with Crippen LogP contribution in [0.25, 0.3) is 11.4 Å². The molecule has 1 aromatic carbocycles. The molecule has 3 rings (SSSR count). The molecule has 1 saturated heterocycles. The highest BCUT2D eigenvalue weighted by molar-refractivity contribution is 5.73. The standard InChI is InChI=1S/C18H25FN6O2/c19-14-6-4-13(5-7-14)17-22-16(23-24-17)11-21-18(27)20-10-15(26)12-25-8-2-1-3-9-25/h4-7,15,26H,1-3,8-12H2,(H2,20,21,27)(H,22,23,24). The summed E-state index contributed by atoms with van der Waals surface area (Å²) in [6.45, 7) is 2.95. The second-order valence-corrected chi connectivity index (χ2v) is 6.69. The van der Waals surface area contributed by atoms with E-state index >= 15 is 0 Å². The van der Waals surface area contributed by atoms with Crippen LogP contribution >= 0.6 is 0 Å². The van der Waals surface area contributed by atoms with Gasteiger partial charge in [-0.2, -0.15) is 5.10 Å². The number of aromatic amines is 1. The van der Waals surface area contributed by atoms with Gasteiger partial charge in [0, 0.05) is 18.7 Å². The summed E-state index contributed by atoms with van der Waals surface area (Å²) in [5.74, 6) is 0.595. The van der Waals surface area contributed by atoms with E-state index < -0.39 is 6.10 Å². The van der Waals surface area contributed by atoms with E-state index in [9.17, 15) is 14.3 Å². The number of amides is 2. The molecule has 1 aliphatic rings. The van der Waals surface area contributed by atoms with E-state index in [1.807, 2.05) is 0 Å². The highest BCUT2D eigenvalue weighted by Gasteiger charge is 2.15. The molecular formula is C18H25FN6O2. The molecule has 1 aromatic heterocycles. The van der Waals surface area contributed by atoms with E-state index in [0.717, 1.165) is 25.9 Å². The fourth-order valence-corrected chi connectivity index (χ4v) is 3.04. The summed E-state index contributed by atoms with van der Waals surface area (Å²) < 4.78 is 13.0. The monoisotopic (exact) mass is 376 g/mol. The lowest BCUT2D eigenvalue weighted by molar-refractivity contribution is 0.101. The summed E-state index contributed by atoms with van der Waals surface area (Å²) in [6.07, 6.45) is 2.98. The van der Waals surface area contributed by atoms with Gasteiger partial charge in [0.25, 0.3) is 0 Å². The lowest BCUT2D eigenvalue weighted by atomic mass is 10.1. The van der Waals surface area contributed by atoms with Crippen molar-refractivity contribution in [2.75, 3.05) is 26.2 Å². The lowest BCUT2D eigenvalue weighted by Gasteiger charge is -2.28. The van der Waals surface area contributed by atoms with E-state index in [2.05, 4.69) is 30.7 Å². The van der Waals surface area contributed by atoms with Gasteiger partial charge in [0.1, 0.15) is 11.6 Å². The number of urea groups is 1. The van der Waals surface area contributed by atoms with Gasteiger partial charge in [-0.1, -0.05) is 6.42 Å². The van der Waals surface area contributed by atoms with Gasteiger partial charge in [-0.15, -0.1) is 0 Å². The molecule has 0 aliphatic carbocycles. The molecule has 0 spiro atoms. The fourth-order valence-electron chi connectivity index (χ4n) is 3.04. The number of aliphatic hydroxyl groups is 1. The predicted octanol–water partition coefficient (Wildman–Crippen LogP) is 1.26. The van der Waals surface area contributed by atoms with Crippen LogP contribution in [0, 0.1) is 5.82 Å². The summed E-state index contributed by atoms with van der Waals surface area (Å²) in [4.78, 5) is 18.4. The highest BCUT2D eigenvalue weighted by Crippen LogP contribution is 2.14. The predicted molar refractivity (Wildman–Crippen MR) is 98.3 cm³/mol. The minimum atomic E-state index is -0.593. The van der Waals surface area contributed by atoms with Crippen molar-refractivity contribution < 1.29 is 14.3 Å². The minimum Gasteiger partial charge on any atom is -0.390 e. The van der Waals surface area contributed by atoms with Gasteiger partial charge in [-0.25, -0.2) is 14.2 Å². The SMILES string of the molecule is O=C(NCc1nc(-c2ccc(F)cc2)n[nH]1)NCC(O)CN1CCCCC1. The van der Waals surface area contributed by atoms with Crippen molar-refractivity contribution in [2.45, 2.75) is 31.9 Å². The molecule has 0 saturated carbocycles. The Bertz CT molecular complexity index is 730. The van der Waals surface area contributed by atoms with Crippen LogP contribution in [0.15, 0.2) is 24.3 Å². The first-order valence-corrected chi connectivity index (χ1v) is 9.19. The zero-order chi connectivity index (χ0) is 19.1. The van der Waals surface area contributed by atoms with Crippen molar-refractivity contribution in [1.29, 1.82) is 0 Å². The Morgan fingerprint density at radius 1 is 1.22 bits per heavy atom. The Kier molecular flexibility index (Phi) is 6.72. The van der Waals surface area contributed by atoms with Gasteiger partial charge in [-0.3, -0.25) is 5.10 Å². The average molecular weight is 376 g/mol. The summed E-state index contributed by atoms with van der Waals surface area (Å²) in [5.41, 5.74) is 0.684. The van der Waals surface area contributed by atoms with E-state index in [0.29, 0.717) is 23.8 Å². The first kappa shape index (κ1) is 19.2. The van der Waals surface area contributed by atoms with E-state index in [-0.39, 0.29) is 24.9 Å². The largest absolute Gasteiger partial charge is 0.390 e. The number of halogens is 1. The number of likely N-dealkylation sites (tertiary alicyclic amines) is 1. The van der Waals surface area contributed by atoms with E-state index in [4.69, 9.17) is 0 Å². The molecule has 0 radical (unpaired) electrons. The Balaban J connectivity index is 1.38. The average Bonchev–Trinajstić information content (AvgIpc) is 3.15. The maximum absolute atomic E-state index is 13.0. The van der Waals surface area contributed by atoms with Crippen molar-refractivity contribution in [3.63, 3.8) is 0 Å². The molecule has 2 aromatic rings. The topological polar surface area (TPSA) is 106 Å². The molecule has 1 atom stereocenters. The molecule has 1 fully saturated rings. The number of piperidine rings is 1. The van der Waals surface area contributed by atoms with Crippen LogP contribution in [0.3, 0.4) is 0 Å². The van der Waals surface area contributed by atoms with Crippen LogP contribution in [-0.2, 0) is 6.54 Å². The first-order chi connectivity index (χ1) is 13.1. The third-order valence-electron chi connectivity index (χ3n) is 4.47. The molecule has 2 heterocycles. The number of aliphatic hydroxyl groups excluding tert-OH is 1.